The summed E-state index contributed by atoms with van der Waals surface area (Å²) < 4.78 is 0. The monoisotopic (exact) mass is 283 g/mol. The molecule has 2 nitrogen and oxygen atoms in total. The van der Waals surface area contributed by atoms with Gasteiger partial charge >= 0.3 is 0 Å². The number of nitrogens with one attached hydrogen (secondary N) is 1. The van der Waals surface area contributed by atoms with Crippen LogP contribution < -0.4 is 5.32 Å². The Morgan fingerprint density at radius 1 is 1.19 bits per heavy atom. The van der Waals surface area contributed by atoms with Crippen LogP contribution in [0.25, 0.3) is 0 Å². The van der Waals surface area contributed by atoms with Crippen molar-refractivity contribution in [2.24, 2.45) is 11.8 Å². The number of carbonyl (C=O) groups is 1. The summed E-state index contributed by atoms with van der Waals surface area (Å²) in [6.07, 6.45) is 12.1. The Balaban J connectivity index is 1.33. The van der Waals surface area contributed by atoms with Crippen molar-refractivity contribution >= 4 is 5.91 Å². The number of allylic oxidation sites excluding steroid dienone is 1. The van der Waals surface area contributed by atoms with Gasteiger partial charge in [-0.2, -0.15) is 0 Å². The van der Waals surface area contributed by atoms with Crippen LogP contribution in [0.4, 0.5) is 0 Å². The summed E-state index contributed by atoms with van der Waals surface area (Å²) in [6, 6.07) is 11.0. The molecule has 1 aromatic rings. The van der Waals surface area contributed by atoms with Crippen molar-refractivity contribution in [3.63, 3.8) is 0 Å². The van der Waals surface area contributed by atoms with Gasteiger partial charge in [-0.3, -0.25) is 4.79 Å². The lowest BCUT2D eigenvalue weighted by molar-refractivity contribution is -0.117. The molecule has 0 radical (unpaired) electrons. The van der Waals surface area contributed by atoms with Gasteiger partial charge in [-0.1, -0.05) is 42.8 Å². The highest BCUT2D eigenvalue weighted by Crippen LogP contribution is 2.44. The van der Waals surface area contributed by atoms with Crippen molar-refractivity contribution in [2.75, 3.05) is 0 Å². The molecule has 3 atom stereocenters. The average Bonchev–Trinajstić information content (AvgIpc) is 3.10. The van der Waals surface area contributed by atoms with E-state index in [1.165, 1.54) is 31.2 Å². The van der Waals surface area contributed by atoms with Gasteiger partial charge in [0.15, 0.2) is 0 Å². The fourth-order valence-corrected chi connectivity index (χ4v) is 3.91. The zero-order chi connectivity index (χ0) is 14.5. The Kier molecular flexibility index (Phi) is 4.74. The largest absolute Gasteiger partial charge is 0.350 e. The standard InChI is InChI=1S/C19H25NO/c21-19(20-18-14-16-11-12-17(18)13-16)10-6-2-5-9-15-7-3-1-4-8-15/h1,3-4,6-8,10,16-18H,2,5,9,11-14H2,(H,20,21)/t16-,17+,18?/m0/s1. The molecule has 0 aromatic heterocycles. The summed E-state index contributed by atoms with van der Waals surface area (Å²) in [5, 5.41) is 3.19. The van der Waals surface area contributed by atoms with Gasteiger partial charge in [0.1, 0.15) is 0 Å². The number of carbonyl (C=O) groups excluding carboxylic acids is 1. The zero-order valence-corrected chi connectivity index (χ0v) is 12.6. The van der Waals surface area contributed by atoms with Crippen molar-refractivity contribution in [2.45, 2.75) is 51.0 Å². The molecule has 2 aliphatic carbocycles. The SMILES string of the molecule is O=C(C=CCCCc1ccccc1)NC1C[C@H]2CC[C@@H]1C2. The second-order valence-electron chi connectivity index (χ2n) is 6.57. The lowest BCUT2D eigenvalue weighted by Crippen LogP contribution is -2.37. The first-order valence-corrected chi connectivity index (χ1v) is 8.32. The molecule has 1 aromatic carbocycles. The average molecular weight is 283 g/mol. The van der Waals surface area contributed by atoms with E-state index in [0.717, 1.165) is 31.1 Å². The zero-order valence-electron chi connectivity index (χ0n) is 12.6. The van der Waals surface area contributed by atoms with E-state index >= 15 is 0 Å². The number of benzene rings is 1. The minimum absolute atomic E-state index is 0.104. The number of hydrogen-bond acceptors (Lipinski definition) is 1. The molecule has 2 heteroatoms. The fourth-order valence-electron chi connectivity index (χ4n) is 3.91. The highest BCUT2D eigenvalue weighted by molar-refractivity contribution is 5.87. The number of aryl methyl sites for hydroxylation is 1. The molecule has 2 bridgehead atoms. The molecule has 1 N–H and O–H groups in total. The summed E-state index contributed by atoms with van der Waals surface area (Å²) in [6.45, 7) is 0. The van der Waals surface area contributed by atoms with Gasteiger partial charge in [0.05, 0.1) is 0 Å². The number of fused-ring (bicyclic) bond motifs is 2. The molecule has 21 heavy (non-hydrogen) atoms. The van der Waals surface area contributed by atoms with E-state index in [1.807, 2.05) is 12.1 Å². The van der Waals surface area contributed by atoms with Gasteiger partial charge in [-0.15, -0.1) is 0 Å². The molecule has 0 spiro atoms. The first-order valence-electron chi connectivity index (χ1n) is 8.32. The molecule has 3 rings (SSSR count). The van der Waals surface area contributed by atoms with E-state index in [-0.39, 0.29) is 5.91 Å². The summed E-state index contributed by atoms with van der Waals surface area (Å²) in [7, 11) is 0. The van der Waals surface area contributed by atoms with E-state index in [9.17, 15) is 4.79 Å². The molecular formula is C19H25NO. The van der Waals surface area contributed by atoms with Crippen LogP contribution in [0.2, 0.25) is 0 Å². The highest BCUT2D eigenvalue weighted by Gasteiger charge is 2.39. The van der Waals surface area contributed by atoms with Crippen molar-refractivity contribution in [3.8, 4) is 0 Å². The maximum Gasteiger partial charge on any atom is 0.243 e. The Hall–Kier alpha value is -1.57. The van der Waals surface area contributed by atoms with Crippen molar-refractivity contribution < 1.29 is 4.79 Å². The summed E-state index contributed by atoms with van der Waals surface area (Å²) >= 11 is 0. The van der Waals surface area contributed by atoms with Crippen LogP contribution in [0.3, 0.4) is 0 Å². The van der Waals surface area contributed by atoms with Crippen LogP contribution in [0.1, 0.15) is 44.1 Å². The summed E-state index contributed by atoms with van der Waals surface area (Å²) in [5.74, 6) is 1.74. The van der Waals surface area contributed by atoms with E-state index in [1.54, 1.807) is 6.08 Å². The number of rotatable bonds is 6. The molecule has 1 unspecified atom stereocenters. The predicted molar refractivity (Wildman–Crippen MR) is 85.9 cm³/mol. The minimum atomic E-state index is 0.104. The Morgan fingerprint density at radius 2 is 2.05 bits per heavy atom. The number of unbranched alkanes of at least 4 members (excludes halogenated alkanes) is 1. The third-order valence-electron chi connectivity index (χ3n) is 5.01. The number of amides is 1. The molecule has 2 saturated carbocycles. The quantitative estimate of drug-likeness (QED) is 0.623. The lowest BCUT2D eigenvalue weighted by Gasteiger charge is -2.22. The van der Waals surface area contributed by atoms with E-state index in [2.05, 4.69) is 29.6 Å². The lowest BCUT2D eigenvalue weighted by atomic mass is 9.95. The smallest absolute Gasteiger partial charge is 0.243 e. The second-order valence-corrected chi connectivity index (χ2v) is 6.57. The van der Waals surface area contributed by atoms with Crippen molar-refractivity contribution in [1.82, 2.24) is 5.32 Å². The third-order valence-corrected chi connectivity index (χ3v) is 5.01. The normalized spacial score (nSPS) is 27.3. The Labute approximate surface area is 127 Å². The summed E-state index contributed by atoms with van der Waals surface area (Å²) in [5.41, 5.74) is 1.37. The minimum Gasteiger partial charge on any atom is -0.350 e. The number of hydrogen-bond donors (Lipinski definition) is 1. The topological polar surface area (TPSA) is 29.1 Å². The van der Waals surface area contributed by atoms with Crippen LogP contribution in [0.5, 0.6) is 0 Å². The van der Waals surface area contributed by atoms with E-state index in [0.29, 0.717) is 6.04 Å². The van der Waals surface area contributed by atoms with E-state index in [4.69, 9.17) is 0 Å². The first kappa shape index (κ1) is 14.4. The predicted octanol–water partition coefficient (Wildman–Crippen LogP) is 3.87. The molecule has 0 aliphatic heterocycles. The van der Waals surface area contributed by atoms with Crippen LogP contribution in [0.15, 0.2) is 42.5 Å². The highest BCUT2D eigenvalue weighted by atomic mass is 16.1. The van der Waals surface area contributed by atoms with Crippen LogP contribution in [0, 0.1) is 11.8 Å². The fraction of sp³-hybridized carbons (Fsp3) is 0.526. The molecular weight excluding hydrogens is 258 g/mol. The molecule has 0 saturated heterocycles. The van der Waals surface area contributed by atoms with Crippen LogP contribution in [-0.4, -0.2) is 11.9 Å². The maximum atomic E-state index is 11.9. The van der Waals surface area contributed by atoms with Gasteiger partial charge < -0.3 is 5.32 Å². The second kappa shape index (κ2) is 6.93. The van der Waals surface area contributed by atoms with Crippen molar-refractivity contribution in [3.05, 3.63) is 48.0 Å². The van der Waals surface area contributed by atoms with Gasteiger partial charge in [0, 0.05) is 6.04 Å². The molecule has 0 heterocycles. The molecule has 112 valence electrons. The molecule has 2 aliphatic rings. The Morgan fingerprint density at radius 3 is 2.76 bits per heavy atom. The molecule has 1 amide bonds. The maximum absolute atomic E-state index is 11.9. The van der Waals surface area contributed by atoms with Gasteiger partial charge in [0.2, 0.25) is 5.91 Å². The van der Waals surface area contributed by atoms with Crippen LogP contribution >= 0.6 is 0 Å². The van der Waals surface area contributed by atoms with Gasteiger partial charge in [-0.25, -0.2) is 0 Å². The van der Waals surface area contributed by atoms with Crippen LogP contribution in [-0.2, 0) is 11.2 Å². The third kappa shape index (κ3) is 3.96. The Bertz CT molecular complexity index is 494. The van der Waals surface area contributed by atoms with Gasteiger partial charge in [0.25, 0.3) is 0 Å². The van der Waals surface area contributed by atoms with Crippen molar-refractivity contribution in [1.29, 1.82) is 0 Å². The van der Waals surface area contributed by atoms with E-state index < -0.39 is 0 Å². The summed E-state index contributed by atoms with van der Waals surface area (Å²) in [4.78, 5) is 11.9. The molecule has 2 fully saturated rings. The van der Waals surface area contributed by atoms with Gasteiger partial charge in [-0.05, 0) is 62.0 Å². The first-order chi connectivity index (χ1) is 10.3.